The van der Waals surface area contributed by atoms with Gasteiger partial charge in [-0.15, -0.1) is 0 Å². The van der Waals surface area contributed by atoms with Crippen molar-refractivity contribution in [1.29, 1.82) is 0 Å². The molecule has 2 aromatic rings. The lowest BCUT2D eigenvalue weighted by molar-refractivity contribution is 0.513. The number of nitrogen functional groups attached to an aromatic ring is 1. The zero-order valence-corrected chi connectivity index (χ0v) is 11.5. The van der Waals surface area contributed by atoms with Gasteiger partial charge in [0.2, 0.25) is 0 Å². The average molecular weight is 295 g/mol. The van der Waals surface area contributed by atoms with Crippen molar-refractivity contribution >= 4 is 21.7 Å². The van der Waals surface area contributed by atoms with Crippen LogP contribution in [-0.2, 0) is 6.42 Å². The molecule has 0 aromatic carbocycles. The Bertz CT molecular complexity index is 519. The number of hydrogen-bond donors (Lipinski definition) is 1. The molecular formula is C12H15BrN4. The van der Waals surface area contributed by atoms with Crippen LogP contribution in [0.25, 0.3) is 0 Å². The van der Waals surface area contributed by atoms with Crippen LogP contribution >= 0.6 is 15.9 Å². The third kappa shape index (κ3) is 2.66. The zero-order chi connectivity index (χ0) is 12.4. The van der Waals surface area contributed by atoms with Gasteiger partial charge in [-0.25, -0.2) is 4.98 Å². The minimum atomic E-state index is 0.343. The summed E-state index contributed by atoms with van der Waals surface area (Å²) in [5.41, 5.74) is 7.98. The fourth-order valence-corrected chi connectivity index (χ4v) is 2.19. The second-order valence-electron chi connectivity index (χ2n) is 4.24. The van der Waals surface area contributed by atoms with E-state index in [1.165, 1.54) is 0 Å². The topological polar surface area (TPSA) is 56.7 Å². The smallest absolute Gasteiger partial charge is 0.123 e. The van der Waals surface area contributed by atoms with Gasteiger partial charge in [-0.1, -0.05) is 0 Å². The number of anilines is 1. The quantitative estimate of drug-likeness (QED) is 0.947. The maximum Gasteiger partial charge on any atom is 0.123 e. The third-order valence-electron chi connectivity index (χ3n) is 2.55. The number of rotatable bonds is 3. The molecule has 0 aliphatic rings. The Labute approximate surface area is 109 Å². The molecule has 0 fully saturated rings. The van der Waals surface area contributed by atoms with Crippen molar-refractivity contribution < 1.29 is 0 Å². The van der Waals surface area contributed by atoms with E-state index in [2.05, 4.69) is 39.9 Å². The fraction of sp³-hybridized carbons (Fsp3) is 0.333. The molecule has 0 aliphatic carbocycles. The number of pyridine rings is 1. The van der Waals surface area contributed by atoms with Crippen LogP contribution in [0.2, 0.25) is 0 Å². The van der Waals surface area contributed by atoms with Crippen LogP contribution in [0.4, 0.5) is 5.82 Å². The fourth-order valence-electron chi connectivity index (χ4n) is 1.77. The van der Waals surface area contributed by atoms with Crippen LogP contribution < -0.4 is 5.73 Å². The van der Waals surface area contributed by atoms with Crippen LogP contribution in [0.5, 0.6) is 0 Å². The van der Waals surface area contributed by atoms with Crippen LogP contribution in [-0.4, -0.2) is 14.8 Å². The largest absolute Gasteiger partial charge is 0.384 e. The standard InChI is InChI=1S/C12H15BrN4/c1-8(2)17-11(10(13)7-16-17)5-9-3-4-15-12(14)6-9/h3-4,6-8H,5H2,1-2H3,(H2,14,15). The first kappa shape index (κ1) is 12.1. The molecule has 2 heterocycles. The van der Waals surface area contributed by atoms with E-state index in [0.29, 0.717) is 11.9 Å². The monoisotopic (exact) mass is 294 g/mol. The molecule has 0 amide bonds. The molecule has 0 spiro atoms. The van der Waals surface area contributed by atoms with E-state index >= 15 is 0 Å². The molecule has 4 nitrogen and oxygen atoms in total. The lowest BCUT2D eigenvalue weighted by atomic mass is 10.1. The predicted molar refractivity (Wildman–Crippen MR) is 71.8 cm³/mol. The minimum absolute atomic E-state index is 0.343. The summed E-state index contributed by atoms with van der Waals surface area (Å²) in [4.78, 5) is 3.99. The van der Waals surface area contributed by atoms with Crippen LogP contribution in [0.3, 0.4) is 0 Å². The van der Waals surface area contributed by atoms with Gasteiger partial charge in [-0.2, -0.15) is 5.10 Å². The summed E-state index contributed by atoms with van der Waals surface area (Å²) in [5, 5.41) is 4.36. The van der Waals surface area contributed by atoms with E-state index in [9.17, 15) is 0 Å². The molecule has 2 aromatic heterocycles. The van der Waals surface area contributed by atoms with Crippen molar-refractivity contribution in [3.63, 3.8) is 0 Å². The average Bonchev–Trinajstić information content (AvgIpc) is 2.61. The van der Waals surface area contributed by atoms with Crippen molar-refractivity contribution in [2.45, 2.75) is 26.3 Å². The molecule has 0 atom stereocenters. The Morgan fingerprint density at radius 3 is 2.88 bits per heavy atom. The molecule has 0 saturated heterocycles. The Morgan fingerprint density at radius 1 is 1.47 bits per heavy atom. The summed E-state index contributed by atoms with van der Waals surface area (Å²) in [5.74, 6) is 0.550. The van der Waals surface area contributed by atoms with Crippen LogP contribution in [0, 0.1) is 0 Å². The van der Waals surface area contributed by atoms with Crippen molar-refractivity contribution in [2.75, 3.05) is 5.73 Å². The molecule has 0 saturated carbocycles. The summed E-state index contributed by atoms with van der Waals surface area (Å²) < 4.78 is 3.04. The third-order valence-corrected chi connectivity index (χ3v) is 3.22. The maximum absolute atomic E-state index is 5.68. The van der Waals surface area contributed by atoms with Gasteiger partial charge in [0.15, 0.2) is 0 Å². The lowest BCUT2D eigenvalue weighted by Crippen LogP contribution is -2.08. The van der Waals surface area contributed by atoms with Gasteiger partial charge >= 0.3 is 0 Å². The second-order valence-corrected chi connectivity index (χ2v) is 5.10. The van der Waals surface area contributed by atoms with Gasteiger partial charge in [0, 0.05) is 18.7 Å². The highest BCUT2D eigenvalue weighted by molar-refractivity contribution is 9.10. The van der Waals surface area contributed by atoms with Crippen LogP contribution in [0.1, 0.15) is 31.1 Å². The summed E-state index contributed by atoms with van der Waals surface area (Å²) in [6.45, 7) is 4.23. The molecule has 0 radical (unpaired) electrons. The number of aromatic nitrogens is 3. The number of nitrogens with two attached hydrogens (primary N) is 1. The molecule has 0 bridgehead atoms. The van der Waals surface area contributed by atoms with Crippen molar-refractivity contribution in [1.82, 2.24) is 14.8 Å². The van der Waals surface area contributed by atoms with Gasteiger partial charge < -0.3 is 5.73 Å². The molecule has 17 heavy (non-hydrogen) atoms. The Morgan fingerprint density at radius 2 is 2.24 bits per heavy atom. The van der Waals surface area contributed by atoms with E-state index < -0.39 is 0 Å². The summed E-state index contributed by atoms with van der Waals surface area (Å²) >= 11 is 3.53. The first-order valence-electron chi connectivity index (χ1n) is 5.50. The molecule has 0 aliphatic heterocycles. The maximum atomic E-state index is 5.68. The van der Waals surface area contributed by atoms with Gasteiger partial charge in [0.25, 0.3) is 0 Å². The Hall–Kier alpha value is -1.36. The summed E-state index contributed by atoms with van der Waals surface area (Å²) in [6.07, 6.45) is 4.36. The van der Waals surface area contributed by atoms with Gasteiger partial charge in [-0.05, 0) is 47.5 Å². The Balaban J connectivity index is 2.32. The lowest BCUT2D eigenvalue weighted by Gasteiger charge is -2.11. The SMILES string of the molecule is CC(C)n1ncc(Br)c1Cc1ccnc(N)c1. The normalized spacial score (nSPS) is 11.1. The van der Waals surface area contributed by atoms with E-state index in [1.54, 1.807) is 6.20 Å². The van der Waals surface area contributed by atoms with E-state index in [-0.39, 0.29) is 0 Å². The molecule has 5 heteroatoms. The molecular weight excluding hydrogens is 280 g/mol. The molecule has 2 rings (SSSR count). The highest BCUT2D eigenvalue weighted by Crippen LogP contribution is 2.22. The number of hydrogen-bond acceptors (Lipinski definition) is 3. The predicted octanol–water partition coefficient (Wildman–Crippen LogP) is 2.79. The van der Waals surface area contributed by atoms with E-state index in [4.69, 9.17) is 5.73 Å². The van der Waals surface area contributed by atoms with E-state index in [0.717, 1.165) is 22.2 Å². The first-order valence-corrected chi connectivity index (χ1v) is 6.29. The van der Waals surface area contributed by atoms with E-state index in [1.807, 2.05) is 23.0 Å². The first-order chi connectivity index (χ1) is 8.08. The highest BCUT2D eigenvalue weighted by Gasteiger charge is 2.11. The van der Waals surface area contributed by atoms with Gasteiger partial charge in [0.1, 0.15) is 5.82 Å². The van der Waals surface area contributed by atoms with Crippen molar-refractivity contribution in [3.8, 4) is 0 Å². The minimum Gasteiger partial charge on any atom is -0.384 e. The van der Waals surface area contributed by atoms with Crippen molar-refractivity contribution in [2.24, 2.45) is 0 Å². The molecule has 0 unspecified atom stereocenters. The molecule has 90 valence electrons. The van der Waals surface area contributed by atoms with Crippen LogP contribution in [0.15, 0.2) is 29.0 Å². The molecule has 2 N–H and O–H groups in total. The zero-order valence-electron chi connectivity index (χ0n) is 9.89. The highest BCUT2D eigenvalue weighted by atomic mass is 79.9. The Kier molecular flexibility index (Phi) is 3.47. The number of nitrogens with zero attached hydrogens (tertiary/aromatic N) is 3. The second kappa shape index (κ2) is 4.87. The van der Waals surface area contributed by atoms with Crippen molar-refractivity contribution in [3.05, 3.63) is 40.3 Å². The summed E-state index contributed by atoms with van der Waals surface area (Å²) in [6, 6.07) is 4.21. The van der Waals surface area contributed by atoms with Gasteiger partial charge in [-0.3, -0.25) is 4.68 Å². The summed E-state index contributed by atoms with van der Waals surface area (Å²) in [7, 11) is 0. The number of halogens is 1. The van der Waals surface area contributed by atoms with Gasteiger partial charge in [0.05, 0.1) is 16.4 Å².